The first-order chi connectivity index (χ1) is 8.62. The maximum Gasteiger partial charge on any atom is 0.0686 e. The lowest BCUT2D eigenvalue weighted by Gasteiger charge is -2.48. The summed E-state index contributed by atoms with van der Waals surface area (Å²) in [5.74, 6) is 1.19. The molecule has 3 unspecified atom stereocenters. The Hall–Kier alpha value is -0.0800. The standard InChI is InChI=1S/C16H28O2/c1-13-5-4-9-16(17,11-13)14-6-10-18-15(12-14)7-2-3-8-15/h13-14,17H,2-12H2,1H3. The molecular formula is C16H28O2. The Balaban J connectivity index is 1.71. The van der Waals surface area contributed by atoms with Crippen LogP contribution in [0.3, 0.4) is 0 Å². The number of rotatable bonds is 1. The van der Waals surface area contributed by atoms with Gasteiger partial charge in [-0.15, -0.1) is 0 Å². The SMILES string of the molecule is CC1CCCC(O)(C2CCOC3(CCCC3)C2)C1. The fraction of sp³-hybridized carbons (Fsp3) is 1.00. The Morgan fingerprint density at radius 3 is 2.50 bits per heavy atom. The van der Waals surface area contributed by atoms with Crippen LogP contribution in [0.15, 0.2) is 0 Å². The average molecular weight is 252 g/mol. The maximum absolute atomic E-state index is 11.1. The van der Waals surface area contributed by atoms with Gasteiger partial charge in [0.25, 0.3) is 0 Å². The molecule has 0 amide bonds. The van der Waals surface area contributed by atoms with Crippen LogP contribution in [0.4, 0.5) is 0 Å². The highest BCUT2D eigenvalue weighted by Crippen LogP contribution is 2.48. The average Bonchev–Trinajstić information content (AvgIpc) is 2.77. The van der Waals surface area contributed by atoms with E-state index < -0.39 is 0 Å². The van der Waals surface area contributed by atoms with Crippen molar-refractivity contribution >= 4 is 0 Å². The van der Waals surface area contributed by atoms with Gasteiger partial charge >= 0.3 is 0 Å². The number of hydrogen-bond donors (Lipinski definition) is 1. The van der Waals surface area contributed by atoms with Crippen LogP contribution in [0.5, 0.6) is 0 Å². The Kier molecular flexibility index (Phi) is 3.44. The van der Waals surface area contributed by atoms with E-state index in [1.807, 2.05) is 0 Å². The van der Waals surface area contributed by atoms with Crippen molar-refractivity contribution in [2.75, 3.05) is 6.61 Å². The number of ether oxygens (including phenoxy) is 1. The van der Waals surface area contributed by atoms with Crippen LogP contribution in [0, 0.1) is 11.8 Å². The lowest BCUT2D eigenvalue weighted by Crippen LogP contribution is -2.49. The van der Waals surface area contributed by atoms with Crippen molar-refractivity contribution in [2.24, 2.45) is 11.8 Å². The van der Waals surface area contributed by atoms with Gasteiger partial charge in [0, 0.05) is 6.61 Å². The molecule has 0 bridgehead atoms. The van der Waals surface area contributed by atoms with Crippen molar-refractivity contribution < 1.29 is 9.84 Å². The van der Waals surface area contributed by atoms with Crippen LogP contribution in [0.1, 0.15) is 71.1 Å². The maximum atomic E-state index is 11.1. The molecule has 3 aliphatic rings. The third-order valence-corrected chi connectivity index (χ3v) is 5.78. The third kappa shape index (κ3) is 2.34. The molecule has 104 valence electrons. The van der Waals surface area contributed by atoms with Crippen molar-refractivity contribution in [3.05, 3.63) is 0 Å². The molecule has 3 fully saturated rings. The van der Waals surface area contributed by atoms with Crippen LogP contribution in [0.2, 0.25) is 0 Å². The molecule has 2 saturated carbocycles. The Morgan fingerprint density at radius 2 is 1.78 bits per heavy atom. The van der Waals surface area contributed by atoms with E-state index in [4.69, 9.17) is 4.74 Å². The molecule has 2 aliphatic carbocycles. The van der Waals surface area contributed by atoms with Crippen molar-refractivity contribution in [2.45, 2.75) is 82.3 Å². The van der Waals surface area contributed by atoms with E-state index in [9.17, 15) is 5.11 Å². The highest BCUT2D eigenvalue weighted by Gasteiger charge is 2.47. The second-order valence-corrected chi connectivity index (χ2v) is 7.23. The van der Waals surface area contributed by atoms with Gasteiger partial charge in [-0.05, 0) is 50.4 Å². The van der Waals surface area contributed by atoms with Gasteiger partial charge in [-0.2, -0.15) is 0 Å². The zero-order chi connectivity index (χ0) is 12.6. The second-order valence-electron chi connectivity index (χ2n) is 7.23. The summed E-state index contributed by atoms with van der Waals surface area (Å²) in [6, 6.07) is 0. The smallest absolute Gasteiger partial charge is 0.0686 e. The van der Waals surface area contributed by atoms with Gasteiger partial charge in [-0.1, -0.05) is 32.6 Å². The Labute approximate surface area is 111 Å². The van der Waals surface area contributed by atoms with Gasteiger partial charge in [-0.25, -0.2) is 0 Å². The molecule has 18 heavy (non-hydrogen) atoms. The minimum absolute atomic E-state index is 0.152. The molecule has 0 radical (unpaired) electrons. The predicted octanol–water partition coefficient (Wildman–Crippen LogP) is 3.67. The van der Waals surface area contributed by atoms with E-state index >= 15 is 0 Å². The van der Waals surface area contributed by atoms with Crippen LogP contribution < -0.4 is 0 Å². The summed E-state index contributed by atoms with van der Waals surface area (Å²) in [6.07, 6.45) is 11.9. The van der Waals surface area contributed by atoms with Gasteiger partial charge in [0.15, 0.2) is 0 Å². The van der Waals surface area contributed by atoms with E-state index in [2.05, 4.69) is 6.92 Å². The highest BCUT2D eigenvalue weighted by molar-refractivity contribution is 4.99. The number of aliphatic hydroxyl groups is 1. The first-order valence-corrected chi connectivity index (χ1v) is 7.98. The van der Waals surface area contributed by atoms with Crippen LogP contribution in [-0.2, 0) is 4.74 Å². The normalized spacial score (nSPS) is 44.3. The van der Waals surface area contributed by atoms with Gasteiger partial charge in [-0.3, -0.25) is 0 Å². The highest BCUT2D eigenvalue weighted by atomic mass is 16.5. The van der Waals surface area contributed by atoms with Crippen molar-refractivity contribution in [1.29, 1.82) is 0 Å². The van der Waals surface area contributed by atoms with Gasteiger partial charge in [0.1, 0.15) is 0 Å². The first kappa shape index (κ1) is 12.9. The van der Waals surface area contributed by atoms with Crippen LogP contribution >= 0.6 is 0 Å². The summed E-state index contributed by atoms with van der Waals surface area (Å²) in [4.78, 5) is 0. The van der Waals surface area contributed by atoms with E-state index in [1.54, 1.807) is 0 Å². The zero-order valence-corrected chi connectivity index (χ0v) is 11.8. The van der Waals surface area contributed by atoms with Crippen LogP contribution in [-0.4, -0.2) is 22.9 Å². The Bertz CT molecular complexity index is 295. The van der Waals surface area contributed by atoms with Gasteiger partial charge in [0.05, 0.1) is 11.2 Å². The zero-order valence-electron chi connectivity index (χ0n) is 11.8. The van der Waals surface area contributed by atoms with E-state index in [-0.39, 0.29) is 11.2 Å². The minimum Gasteiger partial charge on any atom is -0.390 e. The first-order valence-electron chi connectivity index (χ1n) is 7.98. The summed E-state index contributed by atoms with van der Waals surface area (Å²) in [7, 11) is 0. The lowest BCUT2D eigenvalue weighted by atomic mass is 9.67. The molecule has 0 aromatic heterocycles. The molecule has 3 atom stereocenters. The molecule has 1 spiro atoms. The summed E-state index contributed by atoms with van der Waals surface area (Å²) >= 11 is 0. The lowest BCUT2D eigenvalue weighted by molar-refractivity contribution is -0.153. The van der Waals surface area contributed by atoms with Crippen molar-refractivity contribution in [3.63, 3.8) is 0 Å². The predicted molar refractivity (Wildman–Crippen MR) is 72.5 cm³/mol. The fourth-order valence-electron chi connectivity index (χ4n) is 4.79. The molecule has 1 aliphatic heterocycles. The summed E-state index contributed by atoms with van der Waals surface area (Å²) in [6.45, 7) is 3.18. The molecule has 1 N–H and O–H groups in total. The monoisotopic (exact) mass is 252 g/mol. The molecule has 0 aromatic carbocycles. The molecule has 1 heterocycles. The van der Waals surface area contributed by atoms with E-state index in [0.717, 1.165) is 32.3 Å². The summed E-state index contributed by atoms with van der Waals surface area (Å²) in [5, 5.41) is 11.1. The topological polar surface area (TPSA) is 29.5 Å². The molecule has 2 heteroatoms. The van der Waals surface area contributed by atoms with Gasteiger partial charge < -0.3 is 9.84 Å². The molecule has 2 nitrogen and oxygen atoms in total. The largest absolute Gasteiger partial charge is 0.390 e. The summed E-state index contributed by atoms with van der Waals surface area (Å²) < 4.78 is 6.11. The molecule has 1 saturated heterocycles. The number of hydrogen-bond acceptors (Lipinski definition) is 2. The molecular weight excluding hydrogens is 224 g/mol. The quantitative estimate of drug-likeness (QED) is 0.771. The fourth-order valence-corrected chi connectivity index (χ4v) is 4.79. The molecule has 3 rings (SSSR count). The molecule has 0 aromatic rings. The second kappa shape index (κ2) is 4.79. The van der Waals surface area contributed by atoms with Crippen LogP contribution in [0.25, 0.3) is 0 Å². The Morgan fingerprint density at radius 1 is 1.00 bits per heavy atom. The van der Waals surface area contributed by atoms with E-state index in [1.165, 1.54) is 38.5 Å². The van der Waals surface area contributed by atoms with Crippen molar-refractivity contribution in [3.8, 4) is 0 Å². The van der Waals surface area contributed by atoms with E-state index in [0.29, 0.717) is 11.8 Å². The minimum atomic E-state index is -0.378. The third-order valence-electron chi connectivity index (χ3n) is 5.78. The van der Waals surface area contributed by atoms with Gasteiger partial charge in [0.2, 0.25) is 0 Å². The van der Waals surface area contributed by atoms with Crippen molar-refractivity contribution in [1.82, 2.24) is 0 Å². The summed E-state index contributed by atoms with van der Waals surface area (Å²) in [5.41, 5.74) is -0.226.